The molecule has 7 heteroatoms. The monoisotopic (exact) mass is 361 g/mol. The summed E-state index contributed by atoms with van der Waals surface area (Å²) in [5.74, 6) is 2.44. The first-order chi connectivity index (χ1) is 12.2. The van der Waals surface area contributed by atoms with Gasteiger partial charge in [0.1, 0.15) is 13.2 Å². The Hall–Kier alpha value is -2.60. The Bertz CT molecular complexity index is 823. The van der Waals surface area contributed by atoms with Crippen LogP contribution < -0.4 is 24.3 Å². The zero-order valence-corrected chi connectivity index (χ0v) is 14.1. The van der Waals surface area contributed by atoms with Crippen molar-refractivity contribution in [2.75, 3.05) is 20.0 Å². The molecule has 1 N–H and O–H groups in total. The van der Waals surface area contributed by atoms with Gasteiger partial charge in [0.15, 0.2) is 23.0 Å². The smallest absolute Gasteiger partial charge is 0.231 e. The van der Waals surface area contributed by atoms with E-state index in [1.165, 1.54) is 0 Å². The van der Waals surface area contributed by atoms with Gasteiger partial charge in [-0.3, -0.25) is 4.79 Å². The maximum Gasteiger partial charge on any atom is 0.231 e. The van der Waals surface area contributed by atoms with E-state index in [-0.39, 0.29) is 19.1 Å². The lowest BCUT2D eigenvalue weighted by Gasteiger charge is -2.20. The topological polar surface area (TPSA) is 66.0 Å². The molecule has 2 aliphatic heterocycles. The number of halogens is 1. The molecule has 4 rings (SSSR count). The third-order valence-corrected chi connectivity index (χ3v) is 4.23. The molecule has 2 heterocycles. The first kappa shape index (κ1) is 15.9. The highest BCUT2D eigenvalue weighted by Crippen LogP contribution is 2.38. The maximum absolute atomic E-state index is 12.2. The maximum atomic E-state index is 12.2. The summed E-state index contributed by atoms with van der Waals surface area (Å²) in [6.07, 6.45) is 0.209. The molecule has 0 atom stereocenters. The number of rotatable bonds is 4. The minimum absolute atomic E-state index is 0.106. The van der Waals surface area contributed by atoms with Gasteiger partial charge in [-0.1, -0.05) is 17.7 Å². The predicted molar refractivity (Wildman–Crippen MR) is 90.6 cm³/mol. The van der Waals surface area contributed by atoms with E-state index >= 15 is 0 Å². The highest BCUT2D eigenvalue weighted by atomic mass is 35.5. The summed E-state index contributed by atoms with van der Waals surface area (Å²) >= 11 is 6.20. The van der Waals surface area contributed by atoms with E-state index in [2.05, 4.69) is 5.32 Å². The fourth-order valence-corrected chi connectivity index (χ4v) is 3.05. The molecule has 6 nitrogen and oxygen atoms in total. The Morgan fingerprint density at radius 1 is 0.960 bits per heavy atom. The number of hydrogen-bond donors (Lipinski definition) is 1. The molecule has 0 aliphatic carbocycles. The van der Waals surface area contributed by atoms with Crippen LogP contribution in [0.15, 0.2) is 30.3 Å². The molecule has 2 aliphatic rings. The molecule has 0 fully saturated rings. The summed E-state index contributed by atoms with van der Waals surface area (Å²) in [5, 5.41) is 3.34. The van der Waals surface area contributed by atoms with Gasteiger partial charge in [0, 0.05) is 6.54 Å². The van der Waals surface area contributed by atoms with Crippen LogP contribution in [0.25, 0.3) is 0 Å². The summed E-state index contributed by atoms with van der Waals surface area (Å²) in [4.78, 5) is 12.2. The van der Waals surface area contributed by atoms with Gasteiger partial charge in [-0.2, -0.15) is 0 Å². The molecule has 0 bridgehead atoms. The molecular weight excluding hydrogens is 346 g/mol. The zero-order valence-electron chi connectivity index (χ0n) is 13.3. The minimum atomic E-state index is -0.106. The van der Waals surface area contributed by atoms with Crippen LogP contribution >= 0.6 is 11.6 Å². The van der Waals surface area contributed by atoms with Crippen LogP contribution in [0.4, 0.5) is 0 Å². The normalized spacial score (nSPS) is 14.3. The van der Waals surface area contributed by atoms with Crippen LogP contribution in [-0.4, -0.2) is 25.9 Å². The van der Waals surface area contributed by atoms with E-state index in [0.29, 0.717) is 42.0 Å². The second-order valence-electron chi connectivity index (χ2n) is 5.74. The lowest BCUT2D eigenvalue weighted by molar-refractivity contribution is -0.120. The molecule has 1 amide bonds. The Morgan fingerprint density at radius 3 is 2.68 bits per heavy atom. The molecule has 0 aromatic heterocycles. The van der Waals surface area contributed by atoms with Gasteiger partial charge < -0.3 is 24.3 Å². The number of benzene rings is 2. The van der Waals surface area contributed by atoms with E-state index in [1.54, 1.807) is 12.1 Å². The van der Waals surface area contributed by atoms with Gasteiger partial charge in [-0.05, 0) is 35.4 Å². The van der Waals surface area contributed by atoms with E-state index in [9.17, 15) is 4.79 Å². The van der Waals surface area contributed by atoms with Gasteiger partial charge >= 0.3 is 0 Å². The quantitative estimate of drug-likeness (QED) is 0.907. The summed E-state index contributed by atoms with van der Waals surface area (Å²) in [6, 6.07) is 9.12. The number of ether oxygens (including phenoxy) is 4. The average molecular weight is 362 g/mol. The van der Waals surface area contributed by atoms with Gasteiger partial charge in [0.05, 0.1) is 11.4 Å². The number of carbonyl (C=O) groups is 1. The zero-order chi connectivity index (χ0) is 17.2. The SMILES string of the molecule is O=C(Cc1cc(Cl)c2c(c1)OCCO2)NCc1ccc2c(c1)OCO2. The third kappa shape index (κ3) is 3.44. The van der Waals surface area contributed by atoms with E-state index in [1.807, 2.05) is 18.2 Å². The number of amides is 1. The lowest BCUT2D eigenvalue weighted by atomic mass is 10.1. The predicted octanol–water partition coefficient (Wildman–Crippen LogP) is 2.70. The van der Waals surface area contributed by atoms with Gasteiger partial charge in [0.25, 0.3) is 0 Å². The fraction of sp³-hybridized carbons (Fsp3) is 0.278. The Balaban J connectivity index is 1.38. The van der Waals surface area contributed by atoms with Crippen LogP contribution in [0.3, 0.4) is 0 Å². The Morgan fingerprint density at radius 2 is 1.76 bits per heavy atom. The molecule has 0 spiro atoms. The number of hydrogen-bond acceptors (Lipinski definition) is 5. The standard InChI is InChI=1S/C18H16ClNO5/c19-13-5-12(7-16-18(13)23-4-3-22-16)8-17(21)20-9-11-1-2-14-15(6-11)25-10-24-14/h1-2,5-7H,3-4,8-10H2,(H,20,21). The van der Waals surface area contributed by atoms with E-state index < -0.39 is 0 Å². The third-order valence-electron chi connectivity index (χ3n) is 3.95. The van der Waals surface area contributed by atoms with E-state index in [0.717, 1.165) is 16.9 Å². The van der Waals surface area contributed by atoms with Crippen molar-refractivity contribution in [1.82, 2.24) is 5.32 Å². The van der Waals surface area contributed by atoms with Crippen molar-refractivity contribution >= 4 is 17.5 Å². The lowest BCUT2D eigenvalue weighted by Crippen LogP contribution is -2.24. The fourth-order valence-electron chi connectivity index (χ4n) is 2.77. The van der Waals surface area contributed by atoms with Crippen molar-refractivity contribution in [2.45, 2.75) is 13.0 Å². The van der Waals surface area contributed by atoms with E-state index in [4.69, 9.17) is 30.5 Å². The van der Waals surface area contributed by atoms with Gasteiger partial charge in [0.2, 0.25) is 12.7 Å². The molecule has 0 unspecified atom stereocenters. The molecule has 2 aromatic rings. The van der Waals surface area contributed by atoms with Crippen molar-refractivity contribution in [1.29, 1.82) is 0 Å². The van der Waals surface area contributed by atoms with Crippen LogP contribution in [0, 0.1) is 0 Å². The first-order valence-corrected chi connectivity index (χ1v) is 8.30. The largest absolute Gasteiger partial charge is 0.486 e. The molecule has 130 valence electrons. The molecule has 25 heavy (non-hydrogen) atoms. The number of carbonyl (C=O) groups excluding carboxylic acids is 1. The van der Waals surface area contributed by atoms with Crippen LogP contribution in [0.2, 0.25) is 5.02 Å². The second kappa shape index (κ2) is 6.72. The summed E-state index contributed by atoms with van der Waals surface area (Å²) in [6.45, 7) is 1.59. The Labute approximate surface area is 149 Å². The molecule has 0 saturated heterocycles. The van der Waals surface area contributed by atoms with Crippen molar-refractivity contribution in [3.63, 3.8) is 0 Å². The molecule has 2 aromatic carbocycles. The van der Waals surface area contributed by atoms with Crippen LogP contribution in [0.1, 0.15) is 11.1 Å². The summed E-state index contributed by atoms with van der Waals surface area (Å²) < 4.78 is 21.6. The van der Waals surface area contributed by atoms with Crippen molar-refractivity contribution in [3.8, 4) is 23.0 Å². The number of fused-ring (bicyclic) bond motifs is 2. The van der Waals surface area contributed by atoms with Crippen molar-refractivity contribution in [2.24, 2.45) is 0 Å². The number of nitrogens with one attached hydrogen (secondary N) is 1. The molecular formula is C18H16ClNO5. The second-order valence-corrected chi connectivity index (χ2v) is 6.15. The van der Waals surface area contributed by atoms with Crippen molar-refractivity contribution in [3.05, 3.63) is 46.5 Å². The Kier molecular flexibility index (Phi) is 4.28. The summed E-state index contributed by atoms with van der Waals surface area (Å²) in [5.41, 5.74) is 1.72. The minimum Gasteiger partial charge on any atom is -0.486 e. The van der Waals surface area contributed by atoms with Crippen LogP contribution in [0.5, 0.6) is 23.0 Å². The average Bonchev–Trinajstić information content (AvgIpc) is 3.08. The van der Waals surface area contributed by atoms with Crippen LogP contribution in [-0.2, 0) is 17.8 Å². The van der Waals surface area contributed by atoms with Gasteiger partial charge in [-0.15, -0.1) is 0 Å². The first-order valence-electron chi connectivity index (χ1n) is 7.92. The summed E-state index contributed by atoms with van der Waals surface area (Å²) in [7, 11) is 0. The highest BCUT2D eigenvalue weighted by molar-refractivity contribution is 6.32. The molecule has 0 saturated carbocycles. The highest BCUT2D eigenvalue weighted by Gasteiger charge is 2.18. The molecule has 0 radical (unpaired) electrons. The van der Waals surface area contributed by atoms with Gasteiger partial charge in [-0.25, -0.2) is 0 Å². The van der Waals surface area contributed by atoms with Crippen molar-refractivity contribution < 1.29 is 23.7 Å².